The number of carbonyl (C=O) groups is 1. The van der Waals surface area contributed by atoms with E-state index in [1.807, 2.05) is 17.0 Å². The number of rotatable bonds is 6. The number of aromatic nitrogens is 3. The largest absolute Gasteiger partial charge is 0.339 e. The van der Waals surface area contributed by atoms with E-state index < -0.39 is 0 Å². The molecule has 2 bridgehead atoms. The second-order valence-corrected chi connectivity index (χ2v) is 12.2. The Kier molecular flexibility index (Phi) is 6.67. The molecule has 3 fully saturated rings. The Labute approximate surface area is 237 Å². The summed E-state index contributed by atoms with van der Waals surface area (Å²) in [6.07, 6.45) is 11.6. The summed E-state index contributed by atoms with van der Waals surface area (Å²) in [7, 11) is 0. The van der Waals surface area contributed by atoms with Gasteiger partial charge in [0.25, 0.3) is 5.91 Å². The monoisotopic (exact) mass is 533 g/mol. The molecule has 40 heavy (non-hydrogen) atoms. The van der Waals surface area contributed by atoms with Crippen LogP contribution in [-0.2, 0) is 5.41 Å². The van der Waals surface area contributed by atoms with Crippen molar-refractivity contribution >= 4 is 16.9 Å². The average molecular weight is 534 g/mol. The first-order chi connectivity index (χ1) is 19.6. The molecule has 3 atom stereocenters. The highest BCUT2D eigenvalue weighted by Crippen LogP contribution is 2.45. The molecule has 0 saturated carbocycles. The molecule has 3 aliphatic rings. The van der Waals surface area contributed by atoms with Gasteiger partial charge in [0.1, 0.15) is 5.82 Å². The molecule has 0 unspecified atom stereocenters. The number of fused-ring (bicyclic) bond motifs is 3. The minimum atomic E-state index is 0.109. The van der Waals surface area contributed by atoms with Crippen molar-refractivity contribution in [3.8, 4) is 0 Å². The lowest BCUT2D eigenvalue weighted by Crippen LogP contribution is -2.49. The summed E-state index contributed by atoms with van der Waals surface area (Å²) >= 11 is 0. The molecule has 5 heterocycles. The number of piperidine rings is 2. The minimum Gasteiger partial charge on any atom is -0.339 e. The molecular weight excluding hydrogens is 494 g/mol. The van der Waals surface area contributed by atoms with Crippen LogP contribution in [0, 0.1) is 6.92 Å². The van der Waals surface area contributed by atoms with Crippen LogP contribution in [-0.4, -0.2) is 62.0 Å². The van der Waals surface area contributed by atoms with Gasteiger partial charge in [0.15, 0.2) is 0 Å². The van der Waals surface area contributed by atoms with Gasteiger partial charge in [0.05, 0.1) is 16.6 Å². The number of nitrogens with zero attached hydrogens (tertiary/aromatic N) is 5. The Balaban J connectivity index is 1.07. The van der Waals surface area contributed by atoms with Crippen LogP contribution in [0.25, 0.3) is 11.0 Å². The summed E-state index contributed by atoms with van der Waals surface area (Å²) in [5.41, 5.74) is 4.64. The predicted octanol–water partition coefficient (Wildman–Crippen LogP) is 6.17. The van der Waals surface area contributed by atoms with E-state index in [0.29, 0.717) is 23.7 Å². The molecule has 0 radical (unpaired) electrons. The SMILES string of the molecule is Cc1nc2ccccc2n1[C@H]1C[C@H]2CC[C@@H](C1)N2CCC1(c2ccccc2)CCN(C(=O)c2cccnc2)CC1. The van der Waals surface area contributed by atoms with Crippen LogP contribution in [0.15, 0.2) is 79.1 Å². The van der Waals surface area contributed by atoms with Crippen molar-refractivity contribution in [2.45, 2.75) is 75.4 Å². The molecule has 0 aliphatic carbocycles. The lowest BCUT2D eigenvalue weighted by Gasteiger charge is -2.45. The van der Waals surface area contributed by atoms with Crippen LogP contribution in [0.2, 0.25) is 0 Å². The van der Waals surface area contributed by atoms with E-state index in [9.17, 15) is 4.79 Å². The van der Waals surface area contributed by atoms with Crippen molar-refractivity contribution in [2.75, 3.05) is 19.6 Å². The summed E-state index contributed by atoms with van der Waals surface area (Å²) in [4.78, 5) is 27.1. The topological polar surface area (TPSA) is 54.3 Å². The van der Waals surface area contributed by atoms with Crippen molar-refractivity contribution < 1.29 is 4.79 Å². The fraction of sp³-hybridized carbons (Fsp3) is 0.441. The van der Waals surface area contributed by atoms with E-state index in [-0.39, 0.29) is 11.3 Å². The molecule has 3 saturated heterocycles. The first kappa shape index (κ1) is 25.5. The van der Waals surface area contributed by atoms with Crippen LogP contribution < -0.4 is 0 Å². The lowest BCUT2D eigenvalue weighted by molar-refractivity contribution is 0.0606. The number of amides is 1. The van der Waals surface area contributed by atoms with Crippen LogP contribution in [0.1, 0.15) is 72.7 Å². The number of imidazole rings is 1. The summed E-state index contributed by atoms with van der Waals surface area (Å²) < 4.78 is 2.53. The molecule has 4 aromatic rings. The maximum Gasteiger partial charge on any atom is 0.255 e. The maximum atomic E-state index is 13.2. The number of carbonyl (C=O) groups excluding carboxylic acids is 1. The van der Waals surface area contributed by atoms with Gasteiger partial charge in [-0.05, 0) is 93.7 Å². The molecule has 6 nitrogen and oxygen atoms in total. The Morgan fingerprint density at radius 1 is 0.900 bits per heavy atom. The van der Waals surface area contributed by atoms with Gasteiger partial charge in [-0.25, -0.2) is 4.98 Å². The van der Waals surface area contributed by atoms with Crippen LogP contribution in [0.4, 0.5) is 0 Å². The summed E-state index contributed by atoms with van der Waals surface area (Å²) in [6, 6.07) is 25.2. The van der Waals surface area contributed by atoms with Crippen LogP contribution in [0.5, 0.6) is 0 Å². The first-order valence-corrected chi connectivity index (χ1v) is 15.1. The fourth-order valence-electron chi connectivity index (χ4n) is 8.07. The zero-order chi connectivity index (χ0) is 27.1. The molecule has 2 aromatic carbocycles. The maximum absolute atomic E-state index is 13.2. The molecule has 206 valence electrons. The van der Waals surface area contributed by atoms with E-state index in [4.69, 9.17) is 4.98 Å². The molecule has 1 amide bonds. The average Bonchev–Trinajstić information content (AvgIpc) is 3.47. The highest BCUT2D eigenvalue weighted by Gasteiger charge is 2.44. The summed E-state index contributed by atoms with van der Waals surface area (Å²) in [5.74, 6) is 1.26. The third kappa shape index (κ3) is 4.52. The van der Waals surface area contributed by atoms with Gasteiger partial charge >= 0.3 is 0 Å². The normalized spacial score (nSPS) is 24.4. The summed E-state index contributed by atoms with van der Waals surface area (Å²) in [5, 5.41) is 0. The van der Waals surface area contributed by atoms with Gasteiger partial charge in [-0.15, -0.1) is 0 Å². The number of pyridine rings is 1. The van der Waals surface area contributed by atoms with Gasteiger partial charge < -0.3 is 9.47 Å². The first-order valence-electron chi connectivity index (χ1n) is 15.1. The smallest absolute Gasteiger partial charge is 0.255 e. The third-order valence-corrected chi connectivity index (χ3v) is 10.1. The van der Waals surface area contributed by atoms with E-state index >= 15 is 0 Å². The molecule has 0 N–H and O–H groups in total. The number of para-hydroxylation sites is 2. The third-order valence-electron chi connectivity index (χ3n) is 10.1. The predicted molar refractivity (Wildman–Crippen MR) is 158 cm³/mol. The van der Waals surface area contributed by atoms with E-state index in [1.165, 1.54) is 36.8 Å². The number of hydrogen-bond acceptors (Lipinski definition) is 4. The molecule has 3 aliphatic heterocycles. The Hall–Kier alpha value is -3.51. The van der Waals surface area contributed by atoms with E-state index in [1.54, 1.807) is 12.4 Å². The Bertz CT molecular complexity index is 1460. The van der Waals surface area contributed by atoms with Crippen LogP contribution in [0.3, 0.4) is 0 Å². The molecule has 7 rings (SSSR count). The van der Waals surface area contributed by atoms with Crippen molar-refractivity contribution in [3.63, 3.8) is 0 Å². The number of hydrogen-bond donors (Lipinski definition) is 0. The van der Waals surface area contributed by atoms with E-state index in [0.717, 1.165) is 50.2 Å². The van der Waals surface area contributed by atoms with Crippen LogP contribution >= 0.6 is 0 Å². The highest BCUT2D eigenvalue weighted by molar-refractivity contribution is 5.94. The molecule has 0 spiro atoms. The zero-order valence-electron chi connectivity index (χ0n) is 23.5. The quantitative estimate of drug-likeness (QED) is 0.297. The second kappa shape index (κ2) is 10.5. The standard InChI is InChI=1S/C34H39N5O/c1-25-36-31-11-5-6-12-32(31)39(25)30-22-28-13-14-29(23-30)38(28)21-17-34(27-9-3-2-4-10-27)15-19-37(20-16-34)33(40)26-8-7-18-35-24-26/h2-12,18,24,28-30H,13-17,19-23H2,1H3/t28-,29+,30+. The van der Waals surface area contributed by atoms with Gasteiger partial charge in [-0.2, -0.15) is 0 Å². The lowest BCUT2D eigenvalue weighted by atomic mass is 9.70. The highest BCUT2D eigenvalue weighted by atomic mass is 16.2. The van der Waals surface area contributed by atoms with Gasteiger partial charge in [-0.3, -0.25) is 14.7 Å². The van der Waals surface area contributed by atoms with Crippen molar-refractivity contribution in [2.24, 2.45) is 0 Å². The summed E-state index contributed by atoms with van der Waals surface area (Å²) in [6.45, 7) is 4.90. The van der Waals surface area contributed by atoms with Gasteiger partial charge in [0, 0.05) is 43.6 Å². The fourth-order valence-corrected chi connectivity index (χ4v) is 8.07. The van der Waals surface area contributed by atoms with Gasteiger partial charge in [-0.1, -0.05) is 42.5 Å². The van der Waals surface area contributed by atoms with Crippen molar-refractivity contribution in [1.29, 1.82) is 0 Å². The Morgan fingerprint density at radius 3 is 2.35 bits per heavy atom. The van der Waals surface area contributed by atoms with Gasteiger partial charge in [0.2, 0.25) is 0 Å². The number of benzene rings is 2. The van der Waals surface area contributed by atoms with E-state index in [2.05, 4.69) is 76.0 Å². The minimum absolute atomic E-state index is 0.109. The second-order valence-electron chi connectivity index (χ2n) is 12.2. The molecule has 6 heteroatoms. The Morgan fingerprint density at radius 2 is 1.62 bits per heavy atom. The number of aryl methyl sites for hydroxylation is 1. The van der Waals surface area contributed by atoms with Crippen molar-refractivity contribution in [1.82, 2.24) is 24.3 Å². The zero-order valence-corrected chi connectivity index (χ0v) is 23.5. The van der Waals surface area contributed by atoms with Crippen molar-refractivity contribution in [3.05, 3.63) is 96.1 Å². The molecule has 2 aromatic heterocycles. The number of likely N-dealkylation sites (tertiary alicyclic amines) is 1. The molecular formula is C34H39N5O.